The van der Waals surface area contributed by atoms with Gasteiger partial charge in [0, 0.05) is 16.3 Å². The SMILES string of the molecule is CC(SCc1ccc(Br)cc1)C(=O)NC1CCCCC1. The Morgan fingerprint density at radius 3 is 2.60 bits per heavy atom. The number of nitrogens with one attached hydrogen (secondary N) is 1. The molecule has 1 fully saturated rings. The molecule has 1 aromatic carbocycles. The molecular weight excluding hydrogens is 334 g/mol. The van der Waals surface area contributed by atoms with Crippen molar-refractivity contribution in [3.8, 4) is 0 Å². The molecule has 0 saturated heterocycles. The van der Waals surface area contributed by atoms with Gasteiger partial charge in [0.05, 0.1) is 5.25 Å². The zero-order valence-electron chi connectivity index (χ0n) is 11.9. The van der Waals surface area contributed by atoms with Crippen LogP contribution in [0.25, 0.3) is 0 Å². The van der Waals surface area contributed by atoms with Gasteiger partial charge >= 0.3 is 0 Å². The third-order valence-corrected chi connectivity index (χ3v) is 5.48. The summed E-state index contributed by atoms with van der Waals surface area (Å²) in [6, 6.07) is 8.70. The lowest BCUT2D eigenvalue weighted by Crippen LogP contribution is -2.40. The number of benzene rings is 1. The molecule has 4 heteroatoms. The highest BCUT2D eigenvalue weighted by Crippen LogP contribution is 2.21. The molecule has 0 aromatic heterocycles. The van der Waals surface area contributed by atoms with Gasteiger partial charge in [-0.3, -0.25) is 4.79 Å². The second-order valence-electron chi connectivity index (χ2n) is 5.42. The van der Waals surface area contributed by atoms with Crippen molar-refractivity contribution in [2.24, 2.45) is 0 Å². The fraction of sp³-hybridized carbons (Fsp3) is 0.562. The summed E-state index contributed by atoms with van der Waals surface area (Å²) < 4.78 is 1.09. The molecule has 0 bridgehead atoms. The molecule has 0 aliphatic heterocycles. The van der Waals surface area contributed by atoms with Gasteiger partial charge in [-0.1, -0.05) is 47.3 Å². The van der Waals surface area contributed by atoms with Gasteiger partial charge in [0.1, 0.15) is 0 Å². The van der Waals surface area contributed by atoms with E-state index in [9.17, 15) is 4.79 Å². The second kappa shape index (κ2) is 8.08. The molecular formula is C16H22BrNOS. The van der Waals surface area contributed by atoms with Gasteiger partial charge in [-0.15, -0.1) is 11.8 Å². The van der Waals surface area contributed by atoms with Crippen LogP contribution in [0.2, 0.25) is 0 Å². The van der Waals surface area contributed by atoms with Gasteiger partial charge in [-0.25, -0.2) is 0 Å². The summed E-state index contributed by atoms with van der Waals surface area (Å²) in [6.07, 6.45) is 6.13. The predicted molar refractivity (Wildman–Crippen MR) is 89.9 cm³/mol. The number of rotatable bonds is 5. The van der Waals surface area contributed by atoms with Crippen LogP contribution in [0.5, 0.6) is 0 Å². The first-order valence-electron chi connectivity index (χ1n) is 7.31. The third-order valence-electron chi connectivity index (χ3n) is 3.73. The van der Waals surface area contributed by atoms with Crippen LogP contribution in [0.15, 0.2) is 28.7 Å². The van der Waals surface area contributed by atoms with Gasteiger partial charge in [0.25, 0.3) is 0 Å². The van der Waals surface area contributed by atoms with Gasteiger partial charge in [-0.05, 0) is 37.5 Å². The summed E-state index contributed by atoms with van der Waals surface area (Å²) in [5.74, 6) is 1.08. The first-order valence-corrected chi connectivity index (χ1v) is 9.16. The summed E-state index contributed by atoms with van der Waals surface area (Å²) in [5.41, 5.74) is 1.26. The number of hydrogen-bond acceptors (Lipinski definition) is 2. The van der Waals surface area contributed by atoms with E-state index in [4.69, 9.17) is 0 Å². The Balaban J connectivity index is 1.74. The summed E-state index contributed by atoms with van der Waals surface area (Å²) >= 11 is 5.14. The van der Waals surface area contributed by atoms with E-state index in [0.29, 0.717) is 6.04 Å². The lowest BCUT2D eigenvalue weighted by Gasteiger charge is -2.24. The number of hydrogen-bond donors (Lipinski definition) is 1. The summed E-state index contributed by atoms with van der Waals surface area (Å²) in [5, 5.41) is 3.21. The van der Waals surface area contributed by atoms with Crippen molar-refractivity contribution >= 4 is 33.6 Å². The van der Waals surface area contributed by atoms with Crippen LogP contribution in [-0.2, 0) is 10.5 Å². The highest BCUT2D eigenvalue weighted by atomic mass is 79.9. The molecule has 1 atom stereocenters. The topological polar surface area (TPSA) is 29.1 Å². The average Bonchev–Trinajstić information content (AvgIpc) is 2.47. The van der Waals surface area contributed by atoms with Crippen LogP contribution < -0.4 is 5.32 Å². The Kier molecular flexibility index (Phi) is 6.43. The highest BCUT2D eigenvalue weighted by molar-refractivity contribution is 9.10. The molecule has 1 unspecified atom stereocenters. The quantitative estimate of drug-likeness (QED) is 0.840. The van der Waals surface area contributed by atoms with Gasteiger partial charge < -0.3 is 5.32 Å². The van der Waals surface area contributed by atoms with E-state index in [1.54, 1.807) is 11.8 Å². The fourth-order valence-corrected chi connectivity index (χ4v) is 3.56. The van der Waals surface area contributed by atoms with Crippen LogP contribution in [-0.4, -0.2) is 17.2 Å². The first kappa shape index (κ1) is 15.9. The van der Waals surface area contributed by atoms with Crippen LogP contribution in [0.1, 0.15) is 44.6 Å². The lowest BCUT2D eigenvalue weighted by atomic mass is 9.95. The standard InChI is InChI=1S/C16H22BrNOS/c1-12(16(19)18-15-5-3-2-4-6-15)20-11-13-7-9-14(17)10-8-13/h7-10,12,15H,2-6,11H2,1H3,(H,18,19). The average molecular weight is 356 g/mol. The molecule has 1 saturated carbocycles. The van der Waals surface area contributed by atoms with E-state index in [-0.39, 0.29) is 11.2 Å². The van der Waals surface area contributed by atoms with E-state index in [0.717, 1.165) is 23.1 Å². The summed E-state index contributed by atoms with van der Waals surface area (Å²) in [6.45, 7) is 2.00. The molecule has 1 aromatic rings. The summed E-state index contributed by atoms with van der Waals surface area (Å²) in [4.78, 5) is 12.1. The largest absolute Gasteiger partial charge is 0.352 e. The monoisotopic (exact) mass is 355 g/mol. The molecule has 0 radical (unpaired) electrons. The number of carbonyl (C=O) groups excluding carboxylic acids is 1. The maximum atomic E-state index is 12.1. The molecule has 20 heavy (non-hydrogen) atoms. The predicted octanol–water partition coefficient (Wildman–Crippen LogP) is 4.52. The molecule has 2 rings (SSSR count). The normalized spacial score (nSPS) is 17.7. The first-order chi connectivity index (χ1) is 9.65. The van der Waals surface area contributed by atoms with Gasteiger partial charge in [0.2, 0.25) is 5.91 Å². The second-order valence-corrected chi connectivity index (χ2v) is 7.67. The van der Waals surface area contributed by atoms with Crippen LogP contribution in [0, 0.1) is 0 Å². The van der Waals surface area contributed by atoms with E-state index in [1.807, 2.05) is 19.1 Å². The molecule has 1 aliphatic rings. The number of halogens is 1. The highest BCUT2D eigenvalue weighted by Gasteiger charge is 2.19. The van der Waals surface area contributed by atoms with E-state index in [1.165, 1.54) is 24.8 Å². The number of carbonyl (C=O) groups is 1. The van der Waals surface area contributed by atoms with E-state index >= 15 is 0 Å². The molecule has 0 spiro atoms. The van der Waals surface area contributed by atoms with Crippen molar-refractivity contribution in [3.05, 3.63) is 34.3 Å². The van der Waals surface area contributed by atoms with Gasteiger partial charge in [-0.2, -0.15) is 0 Å². The number of amides is 1. The van der Waals surface area contributed by atoms with Crippen molar-refractivity contribution in [3.63, 3.8) is 0 Å². The van der Waals surface area contributed by atoms with Crippen molar-refractivity contribution in [1.29, 1.82) is 0 Å². The fourth-order valence-electron chi connectivity index (χ4n) is 2.44. The lowest BCUT2D eigenvalue weighted by molar-refractivity contribution is -0.121. The van der Waals surface area contributed by atoms with E-state index in [2.05, 4.69) is 33.4 Å². The Bertz CT molecular complexity index is 429. The molecule has 110 valence electrons. The van der Waals surface area contributed by atoms with Crippen LogP contribution in [0.4, 0.5) is 0 Å². The van der Waals surface area contributed by atoms with E-state index < -0.39 is 0 Å². The molecule has 2 nitrogen and oxygen atoms in total. The minimum Gasteiger partial charge on any atom is -0.352 e. The third kappa shape index (κ3) is 5.13. The van der Waals surface area contributed by atoms with Crippen LogP contribution in [0.3, 0.4) is 0 Å². The summed E-state index contributed by atoms with van der Waals surface area (Å²) in [7, 11) is 0. The minimum atomic E-state index is 0.0144. The Hall–Kier alpha value is -0.480. The Morgan fingerprint density at radius 2 is 1.95 bits per heavy atom. The molecule has 1 aliphatic carbocycles. The minimum absolute atomic E-state index is 0.0144. The zero-order chi connectivity index (χ0) is 14.4. The Morgan fingerprint density at radius 1 is 1.30 bits per heavy atom. The maximum Gasteiger partial charge on any atom is 0.233 e. The smallest absolute Gasteiger partial charge is 0.233 e. The van der Waals surface area contributed by atoms with Gasteiger partial charge in [0.15, 0.2) is 0 Å². The number of thioether (sulfide) groups is 1. The van der Waals surface area contributed by atoms with Crippen LogP contribution >= 0.6 is 27.7 Å². The molecule has 1 amide bonds. The van der Waals surface area contributed by atoms with Crippen molar-refractivity contribution < 1.29 is 4.79 Å². The Labute approximate surface area is 134 Å². The van der Waals surface area contributed by atoms with Crippen molar-refractivity contribution in [1.82, 2.24) is 5.32 Å². The maximum absolute atomic E-state index is 12.1. The zero-order valence-corrected chi connectivity index (χ0v) is 14.3. The van der Waals surface area contributed by atoms with Crippen molar-refractivity contribution in [2.75, 3.05) is 0 Å². The van der Waals surface area contributed by atoms with Crippen molar-refractivity contribution in [2.45, 2.75) is 56.1 Å². The molecule has 1 N–H and O–H groups in total. The molecule has 0 heterocycles.